The molecule has 1 saturated heterocycles. The van der Waals surface area contributed by atoms with E-state index in [1.807, 2.05) is 0 Å². The van der Waals surface area contributed by atoms with Crippen LogP contribution in [0.3, 0.4) is 0 Å². The Morgan fingerprint density at radius 3 is 2.29 bits per heavy atom. The molecule has 0 aromatic carbocycles. The normalized spacial score (nSPS) is 20.6. The fourth-order valence-corrected chi connectivity index (χ4v) is 1.74. The molecular weight excluding hydrogens is 206 g/mol. The minimum Gasteiger partial charge on any atom is -0.378 e. The lowest BCUT2D eigenvalue weighted by atomic mass is 10.3. The number of carbonyl (C=O) groups is 1. The van der Waals surface area contributed by atoms with Crippen LogP contribution in [-0.2, 0) is 19.4 Å². The van der Waals surface area contributed by atoms with E-state index >= 15 is 0 Å². The van der Waals surface area contributed by atoms with E-state index in [4.69, 9.17) is 4.74 Å². The summed E-state index contributed by atoms with van der Waals surface area (Å²) in [5, 5.41) is -0.944. The molecule has 0 radical (unpaired) electrons. The molecule has 82 valence electrons. The maximum atomic E-state index is 11.6. The Labute approximate surface area is 83.9 Å². The Kier molecular flexibility index (Phi) is 3.49. The molecule has 14 heavy (non-hydrogen) atoms. The third-order valence-corrected chi connectivity index (χ3v) is 3.80. The zero-order valence-electron chi connectivity index (χ0n) is 8.39. The summed E-state index contributed by atoms with van der Waals surface area (Å²) in [6.45, 7) is 3.37. The van der Waals surface area contributed by atoms with Crippen molar-refractivity contribution in [3.8, 4) is 0 Å². The Morgan fingerprint density at radius 1 is 1.36 bits per heavy atom. The molecule has 1 aliphatic rings. The number of hydrogen-bond donors (Lipinski definition) is 0. The average Bonchev–Trinajstić information content (AvgIpc) is 2.15. The minimum absolute atomic E-state index is 0.323. The summed E-state index contributed by atoms with van der Waals surface area (Å²) >= 11 is 0. The van der Waals surface area contributed by atoms with E-state index in [9.17, 15) is 13.2 Å². The van der Waals surface area contributed by atoms with E-state index in [1.54, 1.807) is 0 Å². The lowest BCUT2D eigenvalue weighted by molar-refractivity contribution is -0.134. The molecule has 0 saturated carbocycles. The van der Waals surface area contributed by atoms with E-state index in [0.717, 1.165) is 6.26 Å². The number of rotatable bonds is 2. The van der Waals surface area contributed by atoms with Crippen molar-refractivity contribution in [2.45, 2.75) is 12.2 Å². The first-order valence-corrected chi connectivity index (χ1v) is 6.44. The summed E-state index contributed by atoms with van der Waals surface area (Å²) in [7, 11) is -3.28. The summed E-state index contributed by atoms with van der Waals surface area (Å²) in [6.07, 6.45) is 1.08. The molecule has 6 heteroatoms. The van der Waals surface area contributed by atoms with Crippen LogP contribution in [0, 0.1) is 0 Å². The quantitative estimate of drug-likeness (QED) is 0.617. The second-order valence-corrected chi connectivity index (χ2v) is 5.78. The number of carbonyl (C=O) groups excluding carboxylic acids is 1. The highest BCUT2D eigenvalue weighted by molar-refractivity contribution is 7.92. The summed E-state index contributed by atoms with van der Waals surface area (Å²) < 4.78 is 27.3. The van der Waals surface area contributed by atoms with Gasteiger partial charge >= 0.3 is 0 Å². The predicted molar refractivity (Wildman–Crippen MR) is 51.7 cm³/mol. The van der Waals surface area contributed by atoms with Crippen molar-refractivity contribution in [2.75, 3.05) is 32.6 Å². The standard InChI is InChI=1S/C8H15NO4S/c1-7(14(2,11)12)8(10)9-3-5-13-6-4-9/h7H,3-6H2,1-2H3. The first-order valence-electron chi connectivity index (χ1n) is 4.48. The van der Waals surface area contributed by atoms with Gasteiger partial charge in [0.05, 0.1) is 13.2 Å². The van der Waals surface area contributed by atoms with Gasteiger partial charge in [-0.15, -0.1) is 0 Å². The molecule has 0 aromatic heterocycles. The van der Waals surface area contributed by atoms with Crippen molar-refractivity contribution in [1.82, 2.24) is 4.90 Å². The number of sulfone groups is 1. The van der Waals surface area contributed by atoms with Crippen LogP contribution in [0.1, 0.15) is 6.92 Å². The van der Waals surface area contributed by atoms with Gasteiger partial charge in [0, 0.05) is 19.3 Å². The number of amides is 1. The van der Waals surface area contributed by atoms with E-state index in [0.29, 0.717) is 26.3 Å². The molecule has 0 aliphatic carbocycles. The summed E-state index contributed by atoms with van der Waals surface area (Å²) in [4.78, 5) is 13.2. The smallest absolute Gasteiger partial charge is 0.240 e. The second kappa shape index (κ2) is 4.27. The van der Waals surface area contributed by atoms with Gasteiger partial charge in [0.25, 0.3) is 0 Å². The van der Waals surface area contributed by atoms with E-state index in [-0.39, 0.29) is 5.91 Å². The van der Waals surface area contributed by atoms with Crippen LogP contribution in [0.2, 0.25) is 0 Å². The van der Waals surface area contributed by atoms with E-state index < -0.39 is 15.1 Å². The monoisotopic (exact) mass is 221 g/mol. The average molecular weight is 221 g/mol. The highest BCUT2D eigenvalue weighted by atomic mass is 32.2. The highest BCUT2D eigenvalue weighted by Crippen LogP contribution is 2.06. The van der Waals surface area contributed by atoms with Crippen molar-refractivity contribution >= 4 is 15.7 Å². The van der Waals surface area contributed by atoms with Gasteiger partial charge in [0.2, 0.25) is 5.91 Å². The van der Waals surface area contributed by atoms with Gasteiger partial charge in [0.15, 0.2) is 9.84 Å². The van der Waals surface area contributed by atoms with Gasteiger partial charge < -0.3 is 9.64 Å². The number of ether oxygens (including phenoxy) is 1. The molecule has 1 heterocycles. The summed E-state index contributed by atoms with van der Waals surface area (Å²) in [5.41, 5.74) is 0. The van der Waals surface area contributed by atoms with Crippen LogP contribution >= 0.6 is 0 Å². The van der Waals surface area contributed by atoms with E-state index in [2.05, 4.69) is 0 Å². The zero-order chi connectivity index (χ0) is 10.8. The van der Waals surface area contributed by atoms with Crippen molar-refractivity contribution in [3.05, 3.63) is 0 Å². The third kappa shape index (κ3) is 2.68. The molecule has 0 N–H and O–H groups in total. The van der Waals surface area contributed by atoms with Gasteiger partial charge in [-0.2, -0.15) is 0 Å². The van der Waals surface area contributed by atoms with Gasteiger partial charge in [-0.25, -0.2) is 8.42 Å². The minimum atomic E-state index is -3.28. The van der Waals surface area contributed by atoms with Gasteiger partial charge in [-0.3, -0.25) is 4.79 Å². The Bertz CT molecular complexity index is 305. The fraction of sp³-hybridized carbons (Fsp3) is 0.875. The van der Waals surface area contributed by atoms with Crippen molar-refractivity contribution in [1.29, 1.82) is 0 Å². The lowest BCUT2D eigenvalue weighted by Gasteiger charge is -2.28. The Balaban J connectivity index is 2.64. The number of nitrogens with zero attached hydrogens (tertiary/aromatic N) is 1. The van der Waals surface area contributed by atoms with E-state index in [1.165, 1.54) is 11.8 Å². The predicted octanol–water partition coefficient (Wildman–Crippen LogP) is -0.722. The maximum absolute atomic E-state index is 11.6. The third-order valence-electron chi connectivity index (χ3n) is 2.31. The van der Waals surface area contributed by atoms with Crippen molar-refractivity contribution in [2.24, 2.45) is 0 Å². The molecule has 1 amide bonds. The largest absolute Gasteiger partial charge is 0.378 e. The lowest BCUT2D eigenvalue weighted by Crippen LogP contribution is -2.46. The SMILES string of the molecule is CC(C(=O)N1CCOCC1)S(C)(=O)=O. The van der Waals surface area contributed by atoms with Crippen LogP contribution < -0.4 is 0 Å². The highest BCUT2D eigenvalue weighted by Gasteiger charge is 2.28. The molecule has 1 aliphatic heterocycles. The molecule has 1 unspecified atom stereocenters. The van der Waals surface area contributed by atoms with Crippen LogP contribution in [0.4, 0.5) is 0 Å². The topological polar surface area (TPSA) is 63.7 Å². The molecular formula is C8H15NO4S. The fourth-order valence-electron chi connectivity index (χ4n) is 1.22. The first-order chi connectivity index (χ1) is 6.43. The van der Waals surface area contributed by atoms with Crippen molar-refractivity contribution in [3.63, 3.8) is 0 Å². The molecule has 1 fully saturated rings. The molecule has 1 rings (SSSR count). The van der Waals surface area contributed by atoms with Gasteiger partial charge in [-0.05, 0) is 6.92 Å². The van der Waals surface area contributed by atoms with Crippen LogP contribution in [0.25, 0.3) is 0 Å². The molecule has 0 bridgehead atoms. The Morgan fingerprint density at radius 2 is 1.86 bits per heavy atom. The summed E-state index contributed by atoms with van der Waals surface area (Å²) in [6, 6.07) is 0. The van der Waals surface area contributed by atoms with Gasteiger partial charge in [0.1, 0.15) is 5.25 Å². The van der Waals surface area contributed by atoms with Crippen LogP contribution in [0.5, 0.6) is 0 Å². The van der Waals surface area contributed by atoms with Crippen molar-refractivity contribution < 1.29 is 17.9 Å². The maximum Gasteiger partial charge on any atom is 0.240 e. The number of hydrogen-bond acceptors (Lipinski definition) is 4. The molecule has 1 atom stereocenters. The number of morpholine rings is 1. The zero-order valence-corrected chi connectivity index (χ0v) is 9.21. The molecule has 5 nitrogen and oxygen atoms in total. The molecule has 0 spiro atoms. The molecule has 0 aromatic rings. The van der Waals surface area contributed by atoms with Crippen LogP contribution in [-0.4, -0.2) is 57.0 Å². The summed E-state index contributed by atoms with van der Waals surface area (Å²) in [5.74, 6) is -0.323. The van der Waals surface area contributed by atoms with Crippen LogP contribution in [0.15, 0.2) is 0 Å². The first kappa shape index (κ1) is 11.5. The Hall–Kier alpha value is -0.620. The van der Waals surface area contributed by atoms with Gasteiger partial charge in [-0.1, -0.05) is 0 Å². The second-order valence-electron chi connectivity index (χ2n) is 3.41.